The summed E-state index contributed by atoms with van der Waals surface area (Å²) in [6, 6.07) is 5.03. The first kappa shape index (κ1) is 10.6. The van der Waals surface area contributed by atoms with Gasteiger partial charge in [0.15, 0.2) is 5.82 Å². The van der Waals surface area contributed by atoms with E-state index in [9.17, 15) is 9.59 Å². The lowest BCUT2D eigenvalue weighted by molar-refractivity contribution is -0.120. The molecule has 0 aliphatic carbocycles. The van der Waals surface area contributed by atoms with Gasteiger partial charge in [-0.25, -0.2) is 4.79 Å². The molecule has 7 nitrogen and oxygen atoms in total. The van der Waals surface area contributed by atoms with Crippen molar-refractivity contribution in [3.63, 3.8) is 0 Å². The quantitative estimate of drug-likeness (QED) is 0.758. The Labute approximate surface area is 102 Å². The van der Waals surface area contributed by atoms with E-state index in [0.717, 1.165) is 5.52 Å². The second-order valence-electron chi connectivity index (χ2n) is 4.00. The summed E-state index contributed by atoms with van der Waals surface area (Å²) in [7, 11) is 0. The van der Waals surface area contributed by atoms with Crippen LogP contribution >= 0.6 is 0 Å². The van der Waals surface area contributed by atoms with Crippen LogP contribution in [-0.2, 0) is 4.79 Å². The normalized spacial score (nSPS) is 16.1. The van der Waals surface area contributed by atoms with E-state index >= 15 is 0 Å². The number of anilines is 2. The predicted molar refractivity (Wildman–Crippen MR) is 65.1 cm³/mol. The number of fused-ring (bicyclic) bond motifs is 1. The highest BCUT2D eigenvalue weighted by Gasteiger charge is 2.27. The zero-order valence-electron chi connectivity index (χ0n) is 9.46. The standard InChI is InChI=1S/C11H11N5O2/c12-10-14-9(7-3-1-2-5-15(7)10)16-6-4-8(17)13-11(16)18/h1-3,5H,4,6H2,(H2,12,14)(H,13,17,18). The van der Waals surface area contributed by atoms with Crippen molar-refractivity contribution in [2.24, 2.45) is 0 Å². The lowest BCUT2D eigenvalue weighted by Crippen LogP contribution is -2.49. The van der Waals surface area contributed by atoms with Gasteiger partial charge in [-0.3, -0.25) is 19.4 Å². The fourth-order valence-electron chi connectivity index (χ4n) is 2.01. The second-order valence-corrected chi connectivity index (χ2v) is 4.00. The van der Waals surface area contributed by atoms with E-state index < -0.39 is 6.03 Å². The van der Waals surface area contributed by atoms with E-state index in [0.29, 0.717) is 18.3 Å². The van der Waals surface area contributed by atoms with Crippen molar-refractivity contribution < 1.29 is 9.59 Å². The van der Waals surface area contributed by atoms with Crippen molar-refractivity contribution in [3.8, 4) is 0 Å². The minimum Gasteiger partial charge on any atom is -0.369 e. The average molecular weight is 245 g/mol. The first-order valence-corrected chi connectivity index (χ1v) is 5.51. The summed E-state index contributed by atoms with van der Waals surface area (Å²) in [5.41, 5.74) is 6.52. The average Bonchev–Trinajstić information content (AvgIpc) is 2.68. The van der Waals surface area contributed by atoms with Crippen LogP contribution in [0.25, 0.3) is 5.52 Å². The van der Waals surface area contributed by atoms with Gasteiger partial charge < -0.3 is 5.73 Å². The van der Waals surface area contributed by atoms with E-state index in [1.165, 1.54) is 4.90 Å². The summed E-state index contributed by atoms with van der Waals surface area (Å²) in [5, 5.41) is 2.26. The van der Waals surface area contributed by atoms with Crippen molar-refractivity contribution >= 4 is 29.2 Å². The van der Waals surface area contributed by atoms with Gasteiger partial charge in [-0.1, -0.05) is 6.07 Å². The van der Waals surface area contributed by atoms with Gasteiger partial charge in [0.1, 0.15) is 0 Å². The number of nitrogens with two attached hydrogens (primary N) is 1. The van der Waals surface area contributed by atoms with Crippen LogP contribution in [0.4, 0.5) is 16.6 Å². The number of nitrogens with zero attached hydrogens (tertiary/aromatic N) is 3. The topological polar surface area (TPSA) is 92.7 Å². The van der Waals surface area contributed by atoms with Crippen LogP contribution < -0.4 is 16.0 Å². The number of nitrogen functional groups attached to an aromatic ring is 1. The number of hydrogen-bond donors (Lipinski definition) is 2. The van der Waals surface area contributed by atoms with Crippen molar-refractivity contribution in [3.05, 3.63) is 24.4 Å². The second kappa shape index (κ2) is 3.73. The molecule has 0 spiro atoms. The summed E-state index contributed by atoms with van der Waals surface area (Å²) in [6.07, 6.45) is 2.03. The van der Waals surface area contributed by atoms with E-state index in [1.54, 1.807) is 10.6 Å². The summed E-state index contributed by atoms with van der Waals surface area (Å²) >= 11 is 0. The number of imidazole rings is 1. The van der Waals surface area contributed by atoms with Crippen LogP contribution in [0, 0.1) is 0 Å². The molecule has 2 aromatic heterocycles. The van der Waals surface area contributed by atoms with E-state index in [-0.39, 0.29) is 12.3 Å². The monoisotopic (exact) mass is 245 g/mol. The zero-order valence-corrected chi connectivity index (χ0v) is 9.46. The Hall–Kier alpha value is -2.57. The van der Waals surface area contributed by atoms with E-state index in [4.69, 9.17) is 5.73 Å². The van der Waals surface area contributed by atoms with Gasteiger partial charge >= 0.3 is 6.03 Å². The van der Waals surface area contributed by atoms with E-state index in [2.05, 4.69) is 10.3 Å². The summed E-state index contributed by atoms with van der Waals surface area (Å²) < 4.78 is 1.69. The number of hydrogen-bond acceptors (Lipinski definition) is 4. The maximum absolute atomic E-state index is 11.8. The molecule has 0 unspecified atom stereocenters. The Morgan fingerprint density at radius 3 is 2.94 bits per heavy atom. The molecule has 0 aromatic carbocycles. The number of rotatable bonds is 1. The molecule has 1 fully saturated rings. The number of aromatic nitrogens is 2. The maximum Gasteiger partial charge on any atom is 0.329 e. The highest BCUT2D eigenvalue weighted by atomic mass is 16.2. The molecular weight excluding hydrogens is 234 g/mol. The minimum absolute atomic E-state index is 0.261. The SMILES string of the molecule is Nc1nc(N2CCC(=O)NC2=O)c2ccccn12. The zero-order chi connectivity index (χ0) is 12.7. The Morgan fingerprint density at radius 2 is 2.17 bits per heavy atom. The summed E-state index contributed by atoms with van der Waals surface area (Å²) in [6.45, 7) is 0.311. The molecule has 3 heterocycles. The van der Waals surface area contributed by atoms with E-state index in [1.807, 2.05) is 18.2 Å². The van der Waals surface area contributed by atoms with Gasteiger partial charge in [0.2, 0.25) is 11.9 Å². The van der Waals surface area contributed by atoms with Gasteiger partial charge in [-0.05, 0) is 12.1 Å². The number of urea groups is 1. The molecule has 2 aromatic rings. The van der Waals surface area contributed by atoms with Gasteiger partial charge in [0, 0.05) is 19.2 Å². The molecule has 3 amide bonds. The number of imide groups is 1. The molecule has 0 atom stereocenters. The molecule has 1 aliphatic heterocycles. The highest BCUT2D eigenvalue weighted by molar-refractivity contribution is 6.06. The molecule has 92 valence electrons. The Bertz CT molecular complexity index is 648. The van der Waals surface area contributed by atoms with Crippen LogP contribution in [0.15, 0.2) is 24.4 Å². The number of amides is 3. The van der Waals surface area contributed by atoms with Crippen molar-refractivity contribution in [2.75, 3.05) is 17.2 Å². The van der Waals surface area contributed by atoms with Crippen molar-refractivity contribution in [1.29, 1.82) is 0 Å². The Balaban J connectivity index is 2.09. The van der Waals surface area contributed by atoms with Crippen LogP contribution in [0.3, 0.4) is 0 Å². The molecular formula is C11H11N5O2. The van der Waals surface area contributed by atoms with Crippen LogP contribution in [0.2, 0.25) is 0 Å². The van der Waals surface area contributed by atoms with Gasteiger partial charge in [-0.2, -0.15) is 4.98 Å². The number of nitrogens with one attached hydrogen (secondary N) is 1. The molecule has 0 saturated carbocycles. The molecule has 1 saturated heterocycles. The van der Waals surface area contributed by atoms with Crippen LogP contribution in [0.5, 0.6) is 0 Å². The fourth-order valence-corrected chi connectivity index (χ4v) is 2.01. The van der Waals surface area contributed by atoms with Crippen molar-refractivity contribution in [1.82, 2.24) is 14.7 Å². The Kier molecular flexibility index (Phi) is 2.19. The minimum atomic E-state index is -0.463. The predicted octanol–water partition coefficient (Wildman–Crippen LogP) is 0.363. The molecule has 3 N–H and O–H groups in total. The van der Waals surface area contributed by atoms with Crippen LogP contribution in [0.1, 0.15) is 6.42 Å². The number of pyridine rings is 1. The smallest absolute Gasteiger partial charge is 0.329 e. The third-order valence-corrected chi connectivity index (χ3v) is 2.87. The molecule has 3 rings (SSSR count). The van der Waals surface area contributed by atoms with Gasteiger partial charge in [0.25, 0.3) is 0 Å². The first-order valence-electron chi connectivity index (χ1n) is 5.51. The molecule has 18 heavy (non-hydrogen) atoms. The lowest BCUT2D eigenvalue weighted by atomic mass is 10.3. The first-order chi connectivity index (χ1) is 8.66. The van der Waals surface area contributed by atoms with Gasteiger partial charge in [-0.15, -0.1) is 0 Å². The Morgan fingerprint density at radius 1 is 1.33 bits per heavy atom. The molecule has 7 heteroatoms. The third kappa shape index (κ3) is 1.48. The largest absolute Gasteiger partial charge is 0.369 e. The fraction of sp³-hybridized carbons (Fsp3) is 0.182. The molecule has 0 radical (unpaired) electrons. The van der Waals surface area contributed by atoms with Gasteiger partial charge in [0.05, 0.1) is 5.52 Å². The third-order valence-electron chi connectivity index (χ3n) is 2.87. The number of carbonyl (C=O) groups excluding carboxylic acids is 2. The summed E-state index contributed by atoms with van der Waals surface area (Å²) in [5.74, 6) is 0.510. The lowest BCUT2D eigenvalue weighted by Gasteiger charge is -2.24. The summed E-state index contributed by atoms with van der Waals surface area (Å²) in [4.78, 5) is 28.5. The molecule has 0 bridgehead atoms. The van der Waals surface area contributed by atoms with Crippen molar-refractivity contribution in [2.45, 2.75) is 6.42 Å². The number of carbonyl (C=O) groups is 2. The maximum atomic E-state index is 11.8. The highest BCUT2D eigenvalue weighted by Crippen LogP contribution is 2.24. The molecule has 1 aliphatic rings. The van der Waals surface area contributed by atoms with Crippen LogP contribution in [-0.4, -0.2) is 27.9 Å².